The number of fused-ring (bicyclic) bond motifs is 3. The minimum Gasteiger partial charge on any atom is -0.512 e. The van der Waals surface area contributed by atoms with E-state index in [1.54, 1.807) is 0 Å². The number of pyridine rings is 1. The topological polar surface area (TPSA) is 50.2 Å². The number of hydrogen-bond donors (Lipinski definition) is 1. The summed E-state index contributed by atoms with van der Waals surface area (Å²) in [5.74, 6) is 0.950. The standard InChI is InChI=1S/C34H32NS2.C15H28O2.Ir/c1-20(2)15-22-11-12-26-30(16-22)36-21(3)32(26)31-19-27-29(37-31)13-14-35-33(27)24-17-23-9-7-8-10-25(23)28(18-24)34(4,5)6;1-7-14(5,8-2)12(16)11-13(17)15(6,9-3)10-4;/h7-14,16,18-20H,15H2,1-6H3;11,16H,7-10H2,1-6H3;/q-1;;/b;12-11-;. The number of hydrogen-bond acceptors (Lipinski definition) is 5. The first-order valence-electron chi connectivity index (χ1n) is 19.8. The molecule has 0 aliphatic rings. The maximum absolute atomic E-state index is 12.2. The van der Waals surface area contributed by atoms with Gasteiger partial charge >= 0.3 is 0 Å². The molecule has 0 aliphatic heterocycles. The Labute approximate surface area is 352 Å². The van der Waals surface area contributed by atoms with Gasteiger partial charge < -0.3 is 5.11 Å². The van der Waals surface area contributed by atoms with Crippen LogP contribution >= 0.6 is 22.7 Å². The molecule has 6 aromatic rings. The molecule has 0 fully saturated rings. The SMILES string of the molecule is CCC(C)(CC)C(=O)/C=C(\O)C(C)(CC)CC.Cc1sc2cc(CC(C)C)ccc2c1-c1cc2c(-c3[c-]c4ccccc4c(C(C)(C)C)c3)nccc2s1.[Ir]. The molecule has 3 nitrogen and oxygen atoms in total. The molecule has 1 radical (unpaired) electrons. The van der Waals surface area contributed by atoms with Crippen molar-refractivity contribution in [1.29, 1.82) is 0 Å². The number of aromatic nitrogens is 1. The van der Waals surface area contributed by atoms with E-state index in [1.807, 2.05) is 70.4 Å². The van der Waals surface area contributed by atoms with E-state index >= 15 is 0 Å². The van der Waals surface area contributed by atoms with E-state index in [0.29, 0.717) is 5.92 Å². The van der Waals surface area contributed by atoms with Gasteiger partial charge in [0.2, 0.25) is 0 Å². The summed E-state index contributed by atoms with van der Waals surface area (Å²) in [7, 11) is 0. The van der Waals surface area contributed by atoms with E-state index in [9.17, 15) is 9.90 Å². The second kappa shape index (κ2) is 18.0. The van der Waals surface area contributed by atoms with Crippen LogP contribution in [0.4, 0.5) is 0 Å². The van der Waals surface area contributed by atoms with Gasteiger partial charge in [0.25, 0.3) is 0 Å². The number of benzene rings is 3. The van der Waals surface area contributed by atoms with Gasteiger partial charge in [0.15, 0.2) is 5.78 Å². The average molecular weight is 951 g/mol. The van der Waals surface area contributed by atoms with Crippen LogP contribution in [0.5, 0.6) is 0 Å². The number of allylic oxidation sites excluding steroid dienone is 2. The molecule has 0 spiro atoms. The predicted octanol–water partition coefficient (Wildman–Crippen LogP) is 15.3. The van der Waals surface area contributed by atoms with Crippen LogP contribution < -0.4 is 0 Å². The second-order valence-corrected chi connectivity index (χ2v) is 19.3. The molecular weight excluding hydrogens is 891 g/mol. The maximum Gasteiger partial charge on any atom is 0.164 e. The summed E-state index contributed by atoms with van der Waals surface area (Å²) >= 11 is 3.79. The maximum atomic E-state index is 12.2. The number of nitrogens with zero attached hydrogens (tertiary/aromatic N) is 1. The number of carbonyl (C=O) groups is 1. The van der Waals surface area contributed by atoms with Crippen LogP contribution in [0.3, 0.4) is 0 Å². The molecule has 0 bridgehead atoms. The average Bonchev–Trinajstić information content (AvgIpc) is 3.72. The minimum absolute atomic E-state index is 0. The number of rotatable bonds is 11. The minimum atomic E-state index is -0.337. The predicted molar refractivity (Wildman–Crippen MR) is 237 cm³/mol. The normalized spacial score (nSPS) is 12.6. The van der Waals surface area contributed by atoms with Crippen LogP contribution in [0.15, 0.2) is 78.7 Å². The van der Waals surface area contributed by atoms with Crippen LogP contribution in [0.2, 0.25) is 0 Å². The Morgan fingerprint density at radius 2 is 1.47 bits per heavy atom. The van der Waals surface area contributed by atoms with Gasteiger partial charge in [-0.05, 0) is 79.5 Å². The van der Waals surface area contributed by atoms with Crippen molar-refractivity contribution in [2.24, 2.45) is 16.7 Å². The molecule has 6 rings (SSSR count). The van der Waals surface area contributed by atoms with E-state index in [0.717, 1.165) is 48.7 Å². The van der Waals surface area contributed by atoms with Crippen LogP contribution in [0.1, 0.15) is 118 Å². The van der Waals surface area contributed by atoms with E-state index in [1.165, 1.54) is 58.1 Å². The second-order valence-electron chi connectivity index (χ2n) is 17.0. The first-order valence-corrected chi connectivity index (χ1v) is 21.4. The Balaban J connectivity index is 0.000000320. The molecule has 0 atom stereocenters. The first kappa shape index (κ1) is 44.6. The van der Waals surface area contributed by atoms with Crippen molar-refractivity contribution in [2.75, 3.05) is 0 Å². The van der Waals surface area contributed by atoms with Crippen LogP contribution in [0, 0.1) is 29.7 Å². The zero-order valence-electron chi connectivity index (χ0n) is 35.0. The van der Waals surface area contributed by atoms with E-state index in [4.69, 9.17) is 4.98 Å². The number of aliphatic hydroxyl groups excluding tert-OH is 1. The summed E-state index contributed by atoms with van der Waals surface area (Å²) in [6.07, 6.45) is 7.83. The third-order valence-electron chi connectivity index (χ3n) is 11.7. The summed E-state index contributed by atoms with van der Waals surface area (Å²) < 4.78 is 2.66. The van der Waals surface area contributed by atoms with Gasteiger partial charge in [0, 0.05) is 79.0 Å². The Morgan fingerprint density at radius 3 is 2.09 bits per heavy atom. The monoisotopic (exact) mass is 951 g/mol. The third kappa shape index (κ3) is 9.53. The molecular formula is C49H60IrNO2S2-. The molecule has 0 unspecified atom stereocenters. The largest absolute Gasteiger partial charge is 0.512 e. The molecule has 55 heavy (non-hydrogen) atoms. The van der Waals surface area contributed by atoms with Crippen molar-refractivity contribution in [3.8, 4) is 21.7 Å². The third-order valence-corrected chi connectivity index (χ3v) is 13.9. The molecule has 0 saturated carbocycles. The number of ketones is 1. The van der Waals surface area contributed by atoms with E-state index in [2.05, 4.69) is 108 Å². The fourth-order valence-corrected chi connectivity index (χ4v) is 9.51. The summed E-state index contributed by atoms with van der Waals surface area (Å²) in [5, 5.41) is 15.1. The van der Waals surface area contributed by atoms with E-state index < -0.39 is 0 Å². The summed E-state index contributed by atoms with van der Waals surface area (Å²) in [6, 6.07) is 26.2. The Hall–Kier alpha value is -3.15. The van der Waals surface area contributed by atoms with E-state index in [-0.39, 0.29) is 47.9 Å². The quantitative estimate of drug-likeness (QED) is 0.0800. The molecule has 3 aromatic heterocycles. The molecule has 0 saturated heterocycles. The fourth-order valence-electron chi connectivity index (χ4n) is 7.13. The fraction of sp³-hybridized carbons (Fsp3) is 0.429. The zero-order valence-corrected chi connectivity index (χ0v) is 39.0. The molecule has 1 N–H and O–H groups in total. The van der Waals surface area contributed by atoms with Crippen molar-refractivity contribution >= 4 is 59.4 Å². The number of aryl methyl sites for hydroxylation is 1. The van der Waals surface area contributed by atoms with Gasteiger partial charge in [-0.1, -0.05) is 117 Å². The zero-order chi connectivity index (χ0) is 39.6. The van der Waals surface area contributed by atoms with Gasteiger partial charge in [0.05, 0.1) is 0 Å². The van der Waals surface area contributed by atoms with Crippen LogP contribution in [-0.2, 0) is 36.7 Å². The van der Waals surface area contributed by atoms with Gasteiger partial charge in [-0.25, -0.2) is 0 Å². The van der Waals surface area contributed by atoms with Gasteiger partial charge in [0.1, 0.15) is 5.76 Å². The molecule has 6 heteroatoms. The molecule has 295 valence electrons. The number of carbonyl (C=O) groups excluding carboxylic acids is 1. The first-order chi connectivity index (χ1) is 25.5. The van der Waals surface area contributed by atoms with Gasteiger partial charge in [-0.3, -0.25) is 9.78 Å². The smallest absolute Gasteiger partial charge is 0.164 e. The Bertz CT molecular complexity index is 2290. The van der Waals surface area contributed by atoms with Crippen molar-refractivity contribution in [2.45, 2.75) is 121 Å². The summed E-state index contributed by atoms with van der Waals surface area (Å²) in [5.41, 5.74) is 5.66. The van der Waals surface area contributed by atoms with Crippen molar-refractivity contribution < 1.29 is 30.0 Å². The number of thiophene rings is 2. The van der Waals surface area contributed by atoms with Crippen molar-refractivity contribution in [3.63, 3.8) is 0 Å². The molecule has 0 aliphatic carbocycles. The van der Waals surface area contributed by atoms with Crippen molar-refractivity contribution in [3.05, 3.63) is 101 Å². The van der Waals surface area contributed by atoms with Crippen molar-refractivity contribution in [1.82, 2.24) is 4.98 Å². The molecule has 3 heterocycles. The Morgan fingerprint density at radius 1 is 0.818 bits per heavy atom. The van der Waals surface area contributed by atoms with Gasteiger partial charge in [-0.15, -0.1) is 51.8 Å². The Kier molecular flexibility index (Phi) is 14.6. The van der Waals surface area contributed by atoms with Gasteiger partial charge in [-0.2, -0.15) is 0 Å². The van der Waals surface area contributed by atoms with Crippen LogP contribution in [-0.4, -0.2) is 15.9 Å². The molecule has 0 amide bonds. The summed E-state index contributed by atoms with van der Waals surface area (Å²) in [6.45, 7) is 25.8. The molecule has 3 aromatic carbocycles. The summed E-state index contributed by atoms with van der Waals surface area (Å²) in [4.78, 5) is 19.8. The van der Waals surface area contributed by atoms with Crippen LogP contribution in [0.25, 0.3) is 52.6 Å². The number of aliphatic hydroxyl groups is 1.